The minimum atomic E-state index is -2.57. The minimum absolute atomic E-state index is 0.0729. The van der Waals surface area contributed by atoms with E-state index in [1.165, 1.54) is 13.2 Å². The van der Waals surface area contributed by atoms with Crippen LogP contribution in [0.5, 0.6) is 11.5 Å². The molecule has 8 radical (unpaired) electrons. The summed E-state index contributed by atoms with van der Waals surface area (Å²) < 4.78 is 9.42. The fourth-order valence-corrected chi connectivity index (χ4v) is 1.10. The molecule has 1 rings (SSSR count). The third-order valence-corrected chi connectivity index (χ3v) is 2.29. The van der Waals surface area contributed by atoms with E-state index in [0.29, 0.717) is 0 Å². The highest BCUT2D eigenvalue weighted by molar-refractivity contribution is 6.53. The molecule has 5 nitrogen and oxygen atoms in total. The van der Waals surface area contributed by atoms with Gasteiger partial charge in [-0.05, 0) is 18.2 Å². The number of aliphatic hydroxyl groups is 1. The van der Waals surface area contributed by atoms with Gasteiger partial charge in [-0.1, -0.05) is 0 Å². The Balaban J connectivity index is 3.11. The molecule has 1 aromatic rings. The number of methoxy groups -OCH3 is 1. The summed E-state index contributed by atoms with van der Waals surface area (Å²) in [7, 11) is 22.2. The molecular formula is C10H8B4O5. The largest absolute Gasteiger partial charge is 0.504 e. The van der Waals surface area contributed by atoms with E-state index in [2.05, 4.69) is 4.74 Å². The van der Waals surface area contributed by atoms with E-state index in [4.69, 9.17) is 36.1 Å². The van der Waals surface area contributed by atoms with E-state index in [-0.39, 0.29) is 17.1 Å². The maximum Gasteiger partial charge on any atom is 0.337 e. The number of ether oxygens (including phenoxy) is 2. The Morgan fingerprint density at radius 3 is 2.32 bits per heavy atom. The summed E-state index contributed by atoms with van der Waals surface area (Å²) in [5, 5.41) is 13.9. The topological polar surface area (TPSA) is 76.0 Å². The second-order valence-corrected chi connectivity index (χ2v) is 3.89. The molecule has 19 heavy (non-hydrogen) atoms. The number of carbonyl (C=O) groups is 1. The smallest absolute Gasteiger partial charge is 0.337 e. The average molecular weight is 251 g/mol. The van der Waals surface area contributed by atoms with Crippen LogP contribution in [-0.2, 0) is 4.74 Å². The predicted molar refractivity (Wildman–Crippen MR) is 70.8 cm³/mol. The van der Waals surface area contributed by atoms with Crippen LogP contribution < -0.4 is 4.74 Å². The quantitative estimate of drug-likeness (QED) is 0.505. The highest BCUT2D eigenvalue weighted by Gasteiger charge is 2.35. The van der Waals surface area contributed by atoms with Crippen molar-refractivity contribution >= 4 is 37.4 Å². The number of rotatable bonds is 4. The van der Waals surface area contributed by atoms with Crippen molar-refractivity contribution < 1.29 is 24.5 Å². The van der Waals surface area contributed by atoms with Crippen LogP contribution >= 0.6 is 0 Å². The van der Waals surface area contributed by atoms with Crippen LogP contribution in [0.2, 0.25) is 0 Å². The summed E-state index contributed by atoms with van der Waals surface area (Å²) in [6.07, 6.45) is 0. The lowest BCUT2D eigenvalue weighted by Crippen LogP contribution is -2.60. The molecule has 0 heterocycles. The number of phenols is 1. The minimum Gasteiger partial charge on any atom is -0.504 e. The van der Waals surface area contributed by atoms with Crippen molar-refractivity contribution in [3.05, 3.63) is 23.8 Å². The molecular weight excluding hydrogens is 243 g/mol. The molecule has 0 unspecified atom stereocenters. The lowest BCUT2D eigenvalue weighted by molar-refractivity contribution is 0.0598. The van der Waals surface area contributed by atoms with Crippen molar-refractivity contribution in [2.24, 2.45) is 0 Å². The van der Waals surface area contributed by atoms with Crippen molar-refractivity contribution in [2.75, 3.05) is 7.11 Å². The zero-order chi connectivity index (χ0) is 14.8. The monoisotopic (exact) mass is 252 g/mol. The molecule has 0 saturated carbocycles. The molecule has 0 spiro atoms. The number of aromatic hydroxyl groups is 1. The average Bonchev–Trinajstić information content (AvgIpc) is 2.29. The van der Waals surface area contributed by atoms with Crippen LogP contribution in [0, 0.1) is 0 Å². The summed E-state index contributed by atoms with van der Waals surface area (Å²) >= 11 is 0. The first-order chi connectivity index (χ1) is 8.58. The van der Waals surface area contributed by atoms with E-state index in [9.17, 15) is 15.0 Å². The highest BCUT2D eigenvalue weighted by atomic mass is 16.5. The molecule has 0 fully saturated rings. The van der Waals surface area contributed by atoms with Crippen LogP contribution in [0.15, 0.2) is 18.2 Å². The van der Waals surface area contributed by atoms with Gasteiger partial charge >= 0.3 is 5.97 Å². The third-order valence-electron chi connectivity index (χ3n) is 2.29. The summed E-state index contributed by atoms with van der Waals surface area (Å²) in [5.41, 5.74) is 0.0729. The molecule has 0 amide bonds. The van der Waals surface area contributed by atoms with Crippen molar-refractivity contribution in [2.45, 2.75) is 10.8 Å². The first kappa shape index (κ1) is 15.6. The van der Waals surface area contributed by atoms with Gasteiger partial charge in [-0.3, -0.25) is 0 Å². The van der Waals surface area contributed by atoms with Gasteiger partial charge in [-0.15, -0.1) is 0 Å². The van der Waals surface area contributed by atoms with E-state index in [1.807, 2.05) is 0 Å². The summed E-state index contributed by atoms with van der Waals surface area (Å²) in [5.74, 6) is -1.33. The van der Waals surface area contributed by atoms with Gasteiger partial charge < -0.3 is 19.7 Å². The normalized spacial score (nSPS) is 11.9. The Labute approximate surface area is 115 Å². The van der Waals surface area contributed by atoms with E-state index in [0.717, 1.165) is 12.1 Å². The number of phenolic OH excluding ortho intramolecular Hbond substituents is 1. The number of hydrogen-bond acceptors (Lipinski definition) is 5. The van der Waals surface area contributed by atoms with Crippen molar-refractivity contribution in [3.63, 3.8) is 0 Å². The maximum absolute atomic E-state index is 11.3. The summed E-state index contributed by atoms with van der Waals surface area (Å²) in [4.78, 5) is 11.3. The summed E-state index contributed by atoms with van der Waals surface area (Å²) in [6, 6.07) is 3.56. The van der Waals surface area contributed by atoms with Crippen LogP contribution in [0.25, 0.3) is 0 Å². The van der Waals surface area contributed by atoms with Crippen LogP contribution in [0.1, 0.15) is 10.4 Å². The lowest BCUT2D eigenvalue weighted by Gasteiger charge is -2.40. The third kappa shape index (κ3) is 3.50. The van der Waals surface area contributed by atoms with Crippen molar-refractivity contribution in [1.82, 2.24) is 0 Å². The zero-order valence-corrected chi connectivity index (χ0v) is 10.2. The molecule has 2 N–H and O–H groups in total. The van der Waals surface area contributed by atoms with E-state index >= 15 is 0 Å². The van der Waals surface area contributed by atoms with Gasteiger partial charge in [-0.25, -0.2) is 4.79 Å². The second-order valence-electron chi connectivity index (χ2n) is 3.89. The molecule has 0 saturated heterocycles. The first-order valence-corrected chi connectivity index (χ1v) is 5.06. The van der Waals surface area contributed by atoms with E-state index < -0.39 is 16.8 Å². The first-order valence-electron chi connectivity index (χ1n) is 5.06. The highest BCUT2D eigenvalue weighted by Crippen LogP contribution is 2.31. The molecule has 90 valence electrons. The van der Waals surface area contributed by atoms with Gasteiger partial charge in [0.2, 0.25) is 0 Å². The Kier molecular flexibility index (Phi) is 4.30. The van der Waals surface area contributed by atoms with Crippen molar-refractivity contribution in [1.29, 1.82) is 0 Å². The molecule has 0 aliphatic heterocycles. The Morgan fingerprint density at radius 2 is 1.84 bits per heavy atom. The van der Waals surface area contributed by atoms with Crippen LogP contribution in [0.4, 0.5) is 0 Å². The number of hydrogen-bond donors (Lipinski definition) is 2. The van der Waals surface area contributed by atoms with Gasteiger partial charge in [-0.2, -0.15) is 0 Å². The summed E-state index contributed by atoms with van der Waals surface area (Å²) in [6.45, 7) is 0. The number of benzene rings is 1. The van der Waals surface area contributed by atoms with Crippen LogP contribution in [0.3, 0.4) is 0 Å². The number of esters is 1. The molecule has 0 aliphatic rings. The Hall–Kier alpha value is -1.49. The fraction of sp³-hybridized carbons (Fsp3) is 0.300. The SMILES string of the molecule is [B]C([B])(O)C([B])([B])Oc1cc(C(=O)OC)ccc1O. The fourth-order valence-electron chi connectivity index (χ4n) is 1.10. The Morgan fingerprint density at radius 1 is 1.26 bits per heavy atom. The zero-order valence-electron chi connectivity index (χ0n) is 10.2. The van der Waals surface area contributed by atoms with Gasteiger partial charge in [0.15, 0.2) is 11.5 Å². The maximum atomic E-state index is 11.3. The van der Waals surface area contributed by atoms with Crippen LogP contribution in [-0.4, -0.2) is 65.5 Å². The van der Waals surface area contributed by atoms with Gasteiger partial charge in [0.25, 0.3) is 0 Å². The lowest BCUT2D eigenvalue weighted by atomic mass is 9.42. The molecule has 0 atom stereocenters. The molecule has 1 aromatic carbocycles. The van der Waals surface area contributed by atoms with Gasteiger partial charge in [0, 0.05) is 10.8 Å². The predicted octanol–water partition coefficient (Wildman–Crippen LogP) is -1.47. The Bertz CT molecular complexity index is 483. The molecule has 0 aromatic heterocycles. The second kappa shape index (κ2) is 5.25. The van der Waals surface area contributed by atoms with E-state index in [1.54, 1.807) is 0 Å². The van der Waals surface area contributed by atoms with Gasteiger partial charge in [0.1, 0.15) is 31.4 Å². The molecule has 0 aliphatic carbocycles. The van der Waals surface area contributed by atoms with Crippen molar-refractivity contribution in [3.8, 4) is 11.5 Å². The standard InChI is InChI=1S/C10H8B4O5/c1-18-8(16)5-2-3-6(15)7(4-5)19-10(13,14)9(11,12)17/h2-4,15,17H,1H3. The number of carbonyl (C=O) groups excluding carboxylic acids is 1. The molecule has 0 bridgehead atoms. The van der Waals surface area contributed by atoms with Gasteiger partial charge in [0.05, 0.1) is 12.7 Å². The molecule has 9 heteroatoms.